The van der Waals surface area contributed by atoms with E-state index in [1.54, 1.807) is 0 Å². The first-order chi connectivity index (χ1) is 9.34. The molecule has 0 spiro atoms. The van der Waals surface area contributed by atoms with E-state index in [2.05, 4.69) is 41.7 Å². The van der Waals surface area contributed by atoms with Crippen molar-refractivity contribution in [3.63, 3.8) is 0 Å². The number of anilines is 1. The predicted molar refractivity (Wildman–Crippen MR) is 75.4 cm³/mol. The molecule has 19 heavy (non-hydrogen) atoms. The number of hydrogen-bond donors (Lipinski definition) is 1. The Kier molecular flexibility index (Phi) is 2.15. The van der Waals surface area contributed by atoms with Gasteiger partial charge in [0.2, 0.25) is 0 Å². The van der Waals surface area contributed by atoms with Crippen LogP contribution >= 0.6 is 0 Å². The van der Waals surface area contributed by atoms with E-state index >= 15 is 0 Å². The molecule has 1 aliphatic carbocycles. The van der Waals surface area contributed by atoms with Gasteiger partial charge in [0.1, 0.15) is 0 Å². The molecule has 94 valence electrons. The largest absolute Gasteiger partial charge is 0.336 e. The molecule has 3 nitrogen and oxygen atoms in total. The summed E-state index contributed by atoms with van der Waals surface area (Å²) in [6.07, 6.45) is 0.922. The number of carbonyl (C=O) groups is 1. The minimum Gasteiger partial charge on any atom is -0.336 e. The maximum atomic E-state index is 11.9. The van der Waals surface area contributed by atoms with Crippen molar-refractivity contribution >= 4 is 11.7 Å². The fraction of sp³-hybridized carbons (Fsp3) is 0.188. The molecule has 0 saturated carbocycles. The molecule has 2 amide bonds. The van der Waals surface area contributed by atoms with Crippen molar-refractivity contribution in [1.82, 2.24) is 5.32 Å². The van der Waals surface area contributed by atoms with Crippen LogP contribution in [0.4, 0.5) is 10.5 Å². The van der Waals surface area contributed by atoms with Gasteiger partial charge in [-0.25, -0.2) is 4.79 Å². The lowest BCUT2D eigenvalue weighted by atomic mass is 10.0. The normalized spacial score (nSPS) is 16.2. The van der Waals surface area contributed by atoms with E-state index in [4.69, 9.17) is 0 Å². The van der Waals surface area contributed by atoms with Gasteiger partial charge in [-0.15, -0.1) is 0 Å². The van der Waals surface area contributed by atoms with Crippen molar-refractivity contribution < 1.29 is 4.79 Å². The zero-order chi connectivity index (χ0) is 12.8. The highest BCUT2D eigenvalue weighted by atomic mass is 16.2. The molecule has 1 aliphatic heterocycles. The van der Waals surface area contributed by atoms with E-state index in [1.165, 1.54) is 22.3 Å². The molecule has 0 radical (unpaired) electrons. The third-order valence-electron chi connectivity index (χ3n) is 3.97. The Labute approximate surface area is 111 Å². The Hall–Kier alpha value is -2.29. The fourth-order valence-electron chi connectivity index (χ4n) is 3.09. The Morgan fingerprint density at radius 2 is 1.84 bits per heavy atom. The summed E-state index contributed by atoms with van der Waals surface area (Å²) in [6, 6.07) is 14.7. The molecule has 1 fully saturated rings. The van der Waals surface area contributed by atoms with E-state index in [-0.39, 0.29) is 6.03 Å². The molecule has 1 saturated heterocycles. The number of hydrogen-bond acceptors (Lipinski definition) is 1. The van der Waals surface area contributed by atoms with Gasteiger partial charge in [-0.3, -0.25) is 4.90 Å². The molecule has 0 aromatic heterocycles. The Morgan fingerprint density at radius 1 is 1.00 bits per heavy atom. The molecule has 3 heteroatoms. The van der Waals surface area contributed by atoms with Crippen molar-refractivity contribution in [1.29, 1.82) is 0 Å². The number of fused-ring (bicyclic) bond motifs is 3. The second kappa shape index (κ2) is 3.85. The molecule has 4 rings (SSSR count). The summed E-state index contributed by atoms with van der Waals surface area (Å²) in [7, 11) is 0. The van der Waals surface area contributed by atoms with Gasteiger partial charge in [0.15, 0.2) is 0 Å². The lowest BCUT2D eigenvalue weighted by Gasteiger charge is -2.18. The first-order valence-electron chi connectivity index (χ1n) is 6.60. The highest BCUT2D eigenvalue weighted by Gasteiger charge is 2.27. The minimum absolute atomic E-state index is 0.0179. The van der Waals surface area contributed by atoms with E-state index in [0.29, 0.717) is 0 Å². The van der Waals surface area contributed by atoms with Crippen molar-refractivity contribution in [3.05, 3.63) is 53.6 Å². The monoisotopic (exact) mass is 250 g/mol. The van der Waals surface area contributed by atoms with Crippen molar-refractivity contribution in [2.75, 3.05) is 18.0 Å². The smallest absolute Gasteiger partial charge is 0.322 e. The lowest BCUT2D eigenvalue weighted by Crippen LogP contribution is -2.28. The molecule has 2 aromatic carbocycles. The van der Waals surface area contributed by atoms with Crippen LogP contribution in [0.25, 0.3) is 11.1 Å². The summed E-state index contributed by atoms with van der Waals surface area (Å²) in [4.78, 5) is 13.7. The van der Waals surface area contributed by atoms with Gasteiger partial charge in [-0.2, -0.15) is 0 Å². The van der Waals surface area contributed by atoms with Crippen LogP contribution in [0.15, 0.2) is 42.5 Å². The summed E-state index contributed by atoms with van der Waals surface area (Å²) in [5.74, 6) is 0. The van der Waals surface area contributed by atoms with Crippen LogP contribution in [0.2, 0.25) is 0 Å². The second-order valence-corrected chi connectivity index (χ2v) is 5.02. The topological polar surface area (TPSA) is 32.3 Å². The Morgan fingerprint density at radius 3 is 2.68 bits per heavy atom. The van der Waals surface area contributed by atoms with Gasteiger partial charge in [0.25, 0.3) is 0 Å². The van der Waals surface area contributed by atoms with Crippen LogP contribution in [-0.2, 0) is 6.42 Å². The summed E-state index contributed by atoms with van der Waals surface area (Å²) in [5, 5.41) is 2.87. The summed E-state index contributed by atoms with van der Waals surface area (Å²) < 4.78 is 0. The SMILES string of the molecule is O=C1NCCN1c1cccc2c1Cc1ccccc1-2. The summed E-state index contributed by atoms with van der Waals surface area (Å²) >= 11 is 0. The third-order valence-corrected chi connectivity index (χ3v) is 3.97. The zero-order valence-electron chi connectivity index (χ0n) is 10.5. The lowest BCUT2D eigenvalue weighted by molar-refractivity contribution is 0.252. The zero-order valence-corrected chi connectivity index (χ0v) is 10.5. The Bertz CT molecular complexity index is 678. The maximum absolute atomic E-state index is 11.9. The minimum atomic E-state index is 0.0179. The first kappa shape index (κ1) is 10.6. The number of benzene rings is 2. The number of nitrogens with zero attached hydrogens (tertiary/aromatic N) is 1. The summed E-state index contributed by atoms with van der Waals surface area (Å²) in [5.41, 5.74) is 6.26. The number of urea groups is 1. The molecule has 0 bridgehead atoms. The molecule has 2 aromatic rings. The molecule has 2 aliphatic rings. The van der Waals surface area contributed by atoms with Crippen molar-refractivity contribution in [2.45, 2.75) is 6.42 Å². The van der Waals surface area contributed by atoms with Crippen LogP contribution in [0, 0.1) is 0 Å². The number of rotatable bonds is 1. The van der Waals surface area contributed by atoms with E-state index in [1.807, 2.05) is 11.0 Å². The standard InChI is InChI=1S/C16H14N2O/c19-16-17-8-9-18(16)15-7-3-6-13-12-5-2-1-4-11(12)10-14(13)15/h1-7H,8-10H2,(H,17,19). The van der Waals surface area contributed by atoms with E-state index in [0.717, 1.165) is 25.2 Å². The quantitative estimate of drug-likeness (QED) is 0.707. The van der Waals surface area contributed by atoms with Crippen molar-refractivity contribution in [2.24, 2.45) is 0 Å². The maximum Gasteiger partial charge on any atom is 0.322 e. The third kappa shape index (κ3) is 1.48. The first-order valence-corrected chi connectivity index (χ1v) is 6.60. The highest BCUT2D eigenvalue weighted by molar-refractivity contribution is 5.97. The molecular formula is C16H14N2O. The Balaban J connectivity index is 1.87. The second-order valence-electron chi connectivity index (χ2n) is 5.02. The summed E-state index contributed by atoms with van der Waals surface area (Å²) in [6.45, 7) is 1.49. The van der Waals surface area contributed by atoms with Gasteiger partial charge in [0.05, 0.1) is 0 Å². The van der Waals surface area contributed by atoms with Gasteiger partial charge in [0, 0.05) is 25.2 Å². The highest BCUT2D eigenvalue weighted by Crippen LogP contribution is 2.41. The molecular weight excluding hydrogens is 236 g/mol. The average Bonchev–Trinajstić information content (AvgIpc) is 3.02. The fourth-order valence-corrected chi connectivity index (χ4v) is 3.09. The predicted octanol–water partition coefficient (Wildman–Crippen LogP) is 2.79. The number of carbonyl (C=O) groups excluding carboxylic acids is 1. The number of nitrogens with one attached hydrogen (secondary N) is 1. The van der Waals surface area contributed by atoms with Crippen LogP contribution in [0.5, 0.6) is 0 Å². The van der Waals surface area contributed by atoms with Gasteiger partial charge >= 0.3 is 6.03 Å². The molecule has 0 unspecified atom stereocenters. The van der Waals surface area contributed by atoms with Crippen molar-refractivity contribution in [3.8, 4) is 11.1 Å². The van der Waals surface area contributed by atoms with Gasteiger partial charge in [-0.1, -0.05) is 36.4 Å². The van der Waals surface area contributed by atoms with Gasteiger partial charge in [-0.05, 0) is 28.3 Å². The van der Waals surface area contributed by atoms with E-state index in [9.17, 15) is 4.79 Å². The molecule has 0 atom stereocenters. The molecule has 1 heterocycles. The van der Waals surface area contributed by atoms with Gasteiger partial charge < -0.3 is 5.32 Å². The molecule has 1 N–H and O–H groups in total. The van der Waals surface area contributed by atoms with Crippen LogP contribution in [0.3, 0.4) is 0 Å². The van der Waals surface area contributed by atoms with E-state index < -0.39 is 0 Å². The van der Waals surface area contributed by atoms with Crippen LogP contribution in [0.1, 0.15) is 11.1 Å². The van der Waals surface area contributed by atoms with Crippen LogP contribution < -0.4 is 10.2 Å². The number of amides is 2. The average molecular weight is 250 g/mol. The van der Waals surface area contributed by atoms with Crippen LogP contribution in [-0.4, -0.2) is 19.1 Å².